The highest BCUT2D eigenvalue weighted by molar-refractivity contribution is 5.75. The second kappa shape index (κ2) is 4.68. The quantitative estimate of drug-likeness (QED) is 0.484. The predicted molar refractivity (Wildman–Crippen MR) is 36.9 cm³/mol. The summed E-state index contributed by atoms with van der Waals surface area (Å²) in [6.07, 6.45) is 0. The number of nitrogens with one attached hydrogen (secondary N) is 1. The first-order valence-electron chi connectivity index (χ1n) is 3.16. The molecule has 0 bridgehead atoms. The predicted octanol–water partition coefficient (Wildman–Crippen LogP) is -1.18. The first-order valence-corrected chi connectivity index (χ1v) is 3.16. The molecule has 0 saturated heterocycles. The number of aliphatic hydroxyl groups excluding tert-OH is 1. The van der Waals surface area contributed by atoms with Gasteiger partial charge in [-0.1, -0.05) is 0 Å². The van der Waals surface area contributed by atoms with Gasteiger partial charge in [0.15, 0.2) is 0 Å². The second-order valence-electron chi connectivity index (χ2n) is 2.15. The van der Waals surface area contributed by atoms with E-state index in [9.17, 15) is 9.59 Å². The standard InChI is InChI=1S/C6H11NO4/c1-4(9)7-2-5(3-8)6(10)11/h5,8H,2-3H2,1H3,(H,7,9)(H,10,11). The maximum atomic E-state index is 10.3. The largest absolute Gasteiger partial charge is 0.481 e. The molecule has 0 aliphatic heterocycles. The molecule has 1 amide bonds. The van der Waals surface area contributed by atoms with Gasteiger partial charge in [0, 0.05) is 13.5 Å². The summed E-state index contributed by atoms with van der Waals surface area (Å²) in [5, 5.41) is 19.2. The summed E-state index contributed by atoms with van der Waals surface area (Å²) in [5.74, 6) is -2.31. The molecule has 0 rings (SSSR count). The molecule has 1 unspecified atom stereocenters. The number of carbonyl (C=O) groups is 2. The molecule has 11 heavy (non-hydrogen) atoms. The Morgan fingerprint density at radius 3 is 2.36 bits per heavy atom. The van der Waals surface area contributed by atoms with Crippen LogP contribution in [0.2, 0.25) is 0 Å². The van der Waals surface area contributed by atoms with Crippen molar-refractivity contribution in [3.8, 4) is 0 Å². The van der Waals surface area contributed by atoms with Crippen LogP contribution in [0.3, 0.4) is 0 Å². The second-order valence-corrected chi connectivity index (χ2v) is 2.15. The minimum atomic E-state index is -1.11. The molecule has 0 fully saturated rings. The van der Waals surface area contributed by atoms with Crippen molar-refractivity contribution in [1.29, 1.82) is 0 Å². The Labute approximate surface area is 64.0 Å². The maximum Gasteiger partial charge on any atom is 0.310 e. The lowest BCUT2D eigenvalue weighted by Crippen LogP contribution is -2.33. The number of carboxylic acids is 1. The summed E-state index contributed by atoms with van der Waals surface area (Å²) in [5.41, 5.74) is 0. The number of hydrogen-bond donors (Lipinski definition) is 3. The van der Waals surface area contributed by atoms with E-state index in [1.165, 1.54) is 6.92 Å². The van der Waals surface area contributed by atoms with Gasteiger partial charge in [0.05, 0.1) is 12.5 Å². The molecule has 0 aliphatic rings. The van der Waals surface area contributed by atoms with Crippen LogP contribution in [-0.4, -0.2) is 35.2 Å². The van der Waals surface area contributed by atoms with E-state index in [0.29, 0.717) is 0 Å². The van der Waals surface area contributed by atoms with Crippen molar-refractivity contribution in [3.05, 3.63) is 0 Å². The summed E-state index contributed by atoms with van der Waals surface area (Å²) in [4.78, 5) is 20.5. The zero-order valence-electron chi connectivity index (χ0n) is 6.20. The lowest BCUT2D eigenvalue weighted by molar-refractivity contribution is -0.142. The Morgan fingerprint density at radius 2 is 2.09 bits per heavy atom. The van der Waals surface area contributed by atoms with E-state index in [1.807, 2.05) is 0 Å². The maximum absolute atomic E-state index is 10.3. The molecule has 0 aromatic heterocycles. The van der Waals surface area contributed by atoms with Crippen molar-refractivity contribution in [1.82, 2.24) is 5.32 Å². The zero-order valence-corrected chi connectivity index (χ0v) is 6.20. The van der Waals surface area contributed by atoms with Crippen molar-refractivity contribution >= 4 is 11.9 Å². The average molecular weight is 161 g/mol. The molecule has 0 aromatic rings. The Balaban J connectivity index is 3.70. The number of hydrogen-bond acceptors (Lipinski definition) is 3. The van der Waals surface area contributed by atoms with Gasteiger partial charge < -0.3 is 15.5 Å². The number of carbonyl (C=O) groups excluding carboxylic acids is 1. The van der Waals surface area contributed by atoms with Gasteiger partial charge in [-0.3, -0.25) is 9.59 Å². The molecule has 3 N–H and O–H groups in total. The molecule has 0 heterocycles. The highest BCUT2D eigenvalue weighted by atomic mass is 16.4. The van der Waals surface area contributed by atoms with Gasteiger partial charge in [0.1, 0.15) is 0 Å². The zero-order chi connectivity index (χ0) is 8.85. The third kappa shape index (κ3) is 4.32. The van der Waals surface area contributed by atoms with Crippen LogP contribution in [0.25, 0.3) is 0 Å². The topological polar surface area (TPSA) is 86.6 Å². The van der Waals surface area contributed by atoms with E-state index in [4.69, 9.17) is 10.2 Å². The lowest BCUT2D eigenvalue weighted by Gasteiger charge is -2.08. The molecule has 5 heteroatoms. The fraction of sp³-hybridized carbons (Fsp3) is 0.667. The van der Waals surface area contributed by atoms with Crippen LogP contribution in [-0.2, 0) is 9.59 Å². The first-order chi connectivity index (χ1) is 5.07. The summed E-state index contributed by atoms with van der Waals surface area (Å²) >= 11 is 0. The molecule has 0 spiro atoms. The van der Waals surface area contributed by atoms with Gasteiger partial charge in [-0.2, -0.15) is 0 Å². The molecule has 1 atom stereocenters. The molecular weight excluding hydrogens is 150 g/mol. The summed E-state index contributed by atoms with van der Waals surface area (Å²) in [6, 6.07) is 0. The molecule has 64 valence electrons. The van der Waals surface area contributed by atoms with Crippen LogP contribution in [0.4, 0.5) is 0 Å². The van der Waals surface area contributed by atoms with Crippen molar-refractivity contribution in [2.24, 2.45) is 5.92 Å². The number of aliphatic carboxylic acids is 1. The van der Waals surface area contributed by atoms with Crippen LogP contribution in [0.5, 0.6) is 0 Å². The van der Waals surface area contributed by atoms with Crippen molar-refractivity contribution < 1.29 is 19.8 Å². The smallest absolute Gasteiger partial charge is 0.310 e. The number of rotatable bonds is 4. The molecule has 0 aliphatic carbocycles. The van der Waals surface area contributed by atoms with Gasteiger partial charge in [0.25, 0.3) is 0 Å². The summed E-state index contributed by atoms with van der Waals surface area (Å²) < 4.78 is 0. The fourth-order valence-electron chi connectivity index (χ4n) is 0.497. The molecule has 0 saturated carbocycles. The first kappa shape index (κ1) is 9.90. The fourth-order valence-corrected chi connectivity index (χ4v) is 0.497. The van der Waals surface area contributed by atoms with Crippen molar-refractivity contribution in [3.63, 3.8) is 0 Å². The minimum Gasteiger partial charge on any atom is -0.481 e. The van der Waals surface area contributed by atoms with Gasteiger partial charge in [-0.15, -0.1) is 0 Å². The summed E-state index contributed by atoms with van der Waals surface area (Å²) in [6.45, 7) is 0.799. The van der Waals surface area contributed by atoms with Crippen LogP contribution >= 0.6 is 0 Å². The molecule has 5 nitrogen and oxygen atoms in total. The van der Waals surface area contributed by atoms with Crippen LogP contribution in [0, 0.1) is 5.92 Å². The Bertz CT molecular complexity index is 157. The van der Waals surface area contributed by atoms with Crippen LogP contribution in [0.15, 0.2) is 0 Å². The lowest BCUT2D eigenvalue weighted by atomic mass is 10.1. The van der Waals surface area contributed by atoms with E-state index >= 15 is 0 Å². The SMILES string of the molecule is CC(=O)NCC(CO)C(=O)O. The highest BCUT2D eigenvalue weighted by Gasteiger charge is 2.15. The van der Waals surface area contributed by atoms with Crippen molar-refractivity contribution in [2.45, 2.75) is 6.92 Å². The molecule has 0 radical (unpaired) electrons. The van der Waals surface area contributed by atoms with E-state index in [0.717, 1.165) is 0 Å². The molecule has 0 aromatic carbocycles. The Hall–Kier alpha value is -1.10. The van der Waals surface area contributed by atoms with E-state index in [2.05, 4.69) is 5.32 Å². The van der Waals surface area contributed by atoms with Crippen molar-refractivity contribution in [2.75, 3.05) is 13.2 Å². The number of amides is 1. The van der Waals surface area contributed by atoms with Crippen LogP contribution in [0.1, 0.15) is 6.92 Å². The third-order valence-corrected chi connectivity index (χ3v) is 1.17. The third-order valence-electron chi connectivity index (χ3n) is 1.17. The Kier molecular flexibility index (Phi) is 4.21. The number of aliphatic hydroxyl groups is 1. The van der Waals surface area contributed by atoms with Gasteiger partial charge >= 0.3 is 5.97 Å². The number of carboxylic acid groups (broad SMARTS) is 1. The van der Waals surface area contributed by atoms with Gasteiger partial charge in [-0.05, 0) is 0 Å². The highest BCUT2D eigenvalue weighted by Crippen LogP contribution is 1.91. The monoisotopic (exact) mass is 161 g/mol. The minimum absolute atomic E-state index is 0.0266. The Morgan fingerprint density at radius 1 is 1.55 bits per heavy atom. The van der Waals surface area contributed by atoms with Gasteiger partial charge in [-0.25, -0.2) is 0 Å². The van der Waals surface area contributed by atoms with Crippen LogP contribution < -0.4 is 5.32 Å². The van der Waals surface area contributed by atoms with E-state index in [1.54, 1.807) is 0 Å². The normalized spacial score (nSPS) is 12.2. The van der Waals surface area contributed by atoms with E-state index in [-0.39, 0.29) is 12.5 Å². The summed E-state index contributed by atoms with van der Waals surface area (Å²) in [7, 11) is 0. The van der Waals surface area contributed by atoms with E-state index < -0.39 is 18.5 Å². The molecular formula is C6H11NO4. The van der Waals surface area contributed by atoms with Gasteiger partial charge in [0.2, 0.25) is 5.91 Å². The average Bonchev–Trinajstić information content (AvgIpc) is 1.87.